The highest BCUT2D eigenvalue weighted by molar-refractivity contribution is 5.76. The zero-order valence-corrected chi connectivity index (χ0v) is 19.2. The van der Waals surface area contributed by atoms with Crippen LogP contribution in [-0.4, -0.2) is 34.6 Å². The van der Waals surface area contributed by atoms with E-state index in [-0.39, 0.29) is 17.6 Å². The minimum atomic E-state index is -0.0904. The minimum absolute atomic E-state index is 0.0819. The lowest BCUT2D eigenvalue weighted by atomic mass is 10.1. The van der Waals surface area contributed by atoms with E-state index in [0.717, 1.165) is 29.0 Å². The molecule has 4 rings (SSSR count). The number of rotatable bonds is 8. The first-order chi connectivity index (χ1) is 16.0. The fourth-order valence-electron chi connectivity index (χ4n) is 3.95. The van der Waals surface area contributed by atoms with E-state index in [4.69, 9.17) is 9.47 Å². The van der Waals surface area contributed by atoms with E-state index >= 15 is 0 Å². The van der Waals surface area contributed by atoms with Crippen molar-refractivity contribution in [1.82, 2.24) is 9.47 Å². The van der Waals surface area contributed by atoms with Crippen LogP contribution in [0, 0.1) is 6.92 Å². The van der Waals surface area contributed by atoms with Crippen molar-refractivity contribution in [3.63, 3.8) is 0 Å². The molecule has 1 aliphatic rings. The lowest BCUT2D eigenvalue weighted by Gasteiger charge is -2.18. The van der Waals surface area contributed by atoms with Crippen molar-refractivity contribution in [3.05, 3.63) is 93.9 Å². The molecular weight excluding hydrogens is 416 g/mol. The van der Waals surface area contributed by atoms with Crippen LogP contribution in [0.5, 0.6) is 11.5 Å². The summed E-state index contributed by atoms with van der Waals surface area (Å²) >= 11 is 0. The predicted molar refractivity (Wildman–Crippen MR) is 128 cm³/mol. The van der Waals surface area contributed by atoms with E-state index < -0.39 is 0 Å². The maximum Gasteiger partial charge on any atom is 0.254 e. The maximum atomic E-state index is 12.7. The van der Waals surface area contributed by atoms with Gasteiger partial charge in [-0.2, -0.15) is 0 Å². The van der Waals surface area contributed by atoms with Crippen LogP contribution < -0.4 is 15.0 Å². The molecule has 2 aromatic carbocycles. The first-order valence-electron chi connectivity index (χ1n) is 11.4. The number of benzene rings is 2. The predicted octanol–water partition coefficient (Wildman–Crippen LogP) is 3.89. The molecular formula is C27H30N2O4. The standard InChI is InChI=1S/C27H30N2O4/c1-20-16-25(17-27(31)28(20)2)33-24-14-15-29(18-24)26(30)13-10-21-8-11-23(12-9-21)32-19-22-6-4-3-5-7-22/h3-9,11-12,16-17,24H,10,13-15,18-19H2,1-2H3/t24-/m1/s1. The summed E-state index contributed by atoms with van der Waals surface area (Å²) in [5.74, 6) is 1.52. The van der Waals surface area contributed by atoms with Gasteiger partial charge in [-0.05, 0) is 42.7 Å². The lowest BCUT2D eigenvalue weighted by molar-refractivity contribution is -0.130. The summed E-state index contributed by atoms with van der Waals surface area (Å²) in [4.78, 5) is 26.5. The Morgan fingerprint density at radius 1 is 1.00 bits per heavy atom. The van der Waals surface area contributed by atoms with Crippen LogP contribution in [0.25, 0.3) is 0 Å². The molecule has 0 bridgehead atoms. The van der Waals surface area contributed by atoms with Gasteiger partial charge in [0.25, 0.3) is 5.56 Å². The number of pyridine rings is 1. The Bertz CT molecular complexity index is 1140. The molecule has 1 aromatic heterocycles. The molecule has 0 radical (unpaired) electrons. The van der Waals surface area contributed by atoms with Crippen LogP contribution in [0.3, 0.4) is 0 Å². The van der Waals surface area contributed by atoms with Gasteiger partial charge in [0.1, 0.15) is 24.2 Å². The number of aryl methyl sites for hydroxylation is 2. The van der Waals surface area contributed by atoms with Crippen molar-refractivity contribution in [1.29, 1.82) is 0 Å². The zero-order valence-electron chi connectivity index (χ0n) is 19.2. The van der Waals surface area contributed by atoms with Crippen molar-refractivity contribution in [2.75, 3.05) is 13.1 Å². The first-order valence-corrected chi connectivity index (χ1v) is 11.4. The Labute approximate surface area is 194 Å². The highest BCUT2D eigenvalue weighted by atomic mass is 16.5. The maximum absolute atomic E-state index is 12.7. The minimum Gasteiger partial charge on any atom is -0.489 e. The Morgan fingerprint density at radius 3 is 2.48 bits per heavy atom. The number of nitrogens with zero attached hydrogens (tertiary/aromatic N) is 2. The summed E-state index contributed by atoms with van der Waals surface area (Å²) in [7, 11) is 1.74. The number of likely N-dealkylation sites (tertiary alicyclic amines) is 1. The van der Waals surface area contributed by atoms with Gasteiger partial charge in [-0.15, -0.1) is 0 Å². The largest absolute Gasteiger partial charge is 0.489 e. The Morgan fingerprint density at radius 2 is 1.76 bits per heavy atom. The van der Waals surface area contributed by atoms with Crippen LogP contribution >= 0.6 is 0 Å². The fraction of sp³-hybridized carbons (Fsp3) is 0.333. The Kier molecular flexibility index (Phi) is 7.13. The van der Waals surface area contributed by atoms with Gasteiger partial charge in [-0.1, -0.05) is 42.5 Å². The van der Waals surface area contributed by atoms with Gasteiger partial charge >= 0.3 is 0 Å². The average molecular weight is 447 g/mol. The molecule has 0 aliphatic carbocycles. The molecule has 6 nitrogen and oxygen atoms in total. The number of carbonyl (C=O) groups excluding carboxylic acids is 1. The topological polar surface area (TPSA) is 60.8 Å². The van der Waals surface area contributed by atoms with E-state index in [0.29, 0.717) is 38.3 Å². The van der Waals surface area contributed by atoms with Gasteiger partial charge in [0.05, 0.1) is 6.54 Å². The molecule has 1 fully saturated rings. The summed E-state index contributed by atoms with van der Waals surface area (Å²) in [5, 5.41) is 0. The number of hydrogen-bond acceptors (Lipinski definition) is 4. The third kappa shape index (κ3) is 6.04. The fourth-order valence-corrected chi connectivity index (χ4v) is 3.95. The molecule has 1 aliphatic heterocycles. The van der Waals surface area contributed by atoms with Gasteiger partial charge in [0, 0.05) is 38.2 Å². The normalized spacial score (nSPS) is 15.5. The van der Waals surface area contributed by atoms with Crippen molar-refractivity contribution in [2.24, 2.45) is 7.05 Å². The molecule has 3 aromatic rings. The SMILES string of the molecule is Cc1cc(O[C@@H]2CCN(C(=O)CCc3ccc(OCc4ccccc4)cc3)C2)cc(=O)n1C. The van der Waals surface area contributed by atoms with E-state index in [2.05, 4.69) is 0 Å². The molecule has 0 unspecified atom stereocenters. The summed E-state index contributed by atoms with van der Waals surface area (Å²) in [5.41, 5.74) is 3.00. The van der Waals surface area contributed by atoms with Gasteiger partial charge in [-0.25, -0.2) is 0 Å². The molecule has 6 heteroatoms. The molecule has 0 saturated carbocycles. The summed E-state index contributed by atoms with van der Waals surface area (Å²) < 4.78 is 13.4. The van der Waals surface area contributed by atoms with Crippen molar-refractivity contribution < 1.29 is 14.3 Å². The van der Waals surface area contributed by atoms with Crippen LogP contribution in [-0.2, 0) is 24.9 Å². The van der Waals surface area contributed by atoms with Crippen molar-refractivity contribution in [3.8, 4) is 11.5 Å². The molecule has 1 amide bonds. The van der Waals surface area contributed by atoms with E-state index in [1.54, 1.807) is 11.6 Å². The molecule has 0 N–H and O–H groups in total. The molecule has 1 saturated heterocycles. The van der Waals surface area contributed by atoms with Gasteiger partial charge in [0.2, 0.25) is 5.91 Å². The second-order valence-electron chi connectivity index (χ2n) is 8.52. The summed E-state index contributed by atoms with van der Waals surface area (Å²) in [6, 6.07) is 21.4. The van der Waals surface area contributed by atoms with Crippen LogP contribution in [0.4, 0.5) is 0 Å². The molecule has 33 heavy (non-hydrogen) atoms. The number of aromatic nitrogens is 1. The average Bonchev–Trinajstić information content (AvgIpc) is 3.29. The lowest BCUT2D eigenvalue weighted by Crippen LogP contribution is -2.31. The van der Waals surface area contributed by atoms with Crippen LogP contribution in [0.1, 0.15) is 29.7 Å². The quantitative estimate of drug-likeness (QED) is 0.527. The third-order valence-electron chi connectivity index (χ3n) is 6.08. The molecule has 0 spiro atoms. The monoisotopic (exact) mass is 446 g/mol. The second-order valence-corrected chi connectivity index (χ2v) is 8.52. The molecule has 2 heterocycles. The zero-order chi connectivity index (χ0) is 23.2. The highest BCUT2D eigenvalue weighted by Gasteiger charge is 2.27. The van der Waals surface area contributed by atoms with Gasteiger partial charge in [-0.3, -0.25) is 9.59 Å². The Balaban J connectivity index is 1.22. The third-order valence-corrected chi connectivity index (χ3v) is 6.08. The first kappa shape index (κ1) is 22.6. The summed E-state index contributed by atoms with van der Waals surface area (Å²) in [6.07, 6.45) is 1.84. The number of hydrogen-bond donors (Lipinski definition) is 0. The molecule has 172 valence electrons. The van der Waals surface area contributed by atoms with E-state index in [1.807, 2.05) is 72.5 Å². The highest BCUT2D eigenvalue weighted by Crippen LogP contribution is 2.20. The smallest absolute Gasteiger partial charge is 0.254 e. The number of carbonyl (C=O) groups is 1. The molecule has 1 atom stereocenters. The van der Waals surface area contributed by atoms with E-state index in [1.165, 1.54) is 6.07 Å². The van der Waals surface area contributed by atoms with Crippen LogP contribution in [0.15, 0.2) is 71.5 Å². The van der Waals surface area contributed by atoms with Gasteiger partial charge < -0.3 is 18.9 Å². The number of ether oxygens (including phenoxy) is 2. The van der Waals surface area contributed by atoms with Crippen molar-refractivity contribution in [2.45, 2.75) is 38.9 Å². The second kappa shape index (κ2) is 10.4. The van der Waals surface area contributed by atoms with Crippen LogP contribution in [0.2, 0.25) is 0 Å². The van der Waals surface area contributed by atoms with Gasteiger partial charge in [0.15, 0.2) is 0 Å². The van der Waals surface area contributed by atoms with E-state index in [9.17, 15) is 9.59 Å². The summed E-state index contributed by atoms with van der Waals surface area (Å²) in [6.45, 7) is 3.65. The Hall–Kier alpha value is -3.54. The number of amides is 1. The van der Waals surface area contributed by atoms with Crippen molar-refractivity contribution >= 4 is 5.91 Å².